The standard InChI is InChI=1S/C21H26FN3O2/c1-4-25(5-2)21(27)16-10-12-18(13-11-16)23-20(26)15-24(3)14-17-8-6-7-9-19(17)22/h6-13H,4-5,14-15H2,1-3H3,(H,23,26). The highest BCUT2D eigenvalue weighted by Crippen LogP contribution is 2.13. The predicted molar refractivity (Wildman–Crippen MR) is 105 cm³/mol. The normalized spacial score (nSPS) is 10.7. The van der Waals surface area contributed by atoms with Crippen LogP contribution >= 0.6 is 0 Å². The summed E-state index contributed by atoms with van der Waals surface area (Å²) in [6, 6.07) is 13.4. The van der Waals surface area contributed by atoms with E-state index in [-0.39, 0.29) is 24.2 Å². The molecule has 2 aromatic rings. The van der Waals surface area contributed by atoms with Crippen molar-refractivity contribution in [2.24, 2.45) is 0 Å². The zero-order valence-electron chi connectivity index (χ0n) is 16.0. The summed E-state index contributed by atoms with van der Waals surface area (Å²) in [5.74, 6) is -0.502. The second-order valence-electron chi connectivity index (χ2n) is 6.37. The smallest absolute Gasteiger partial charge is 0.253 e. The van der Waals surface area contributed by atoms with E-state index in [9.17, 15) is 14.0 Å². The third kappa shape index (κ3) is 5.89. The second-order valence-corrected chi connectivity index (χ2v) is 6.37. The molecular weight excluding hydrogens is 345 g/mol. The third-order valence-electron chi connectivity index (χ3n) is 4.28. The van der Waals surface area contributed by atoms with Gasteiger partial charge >= 0.3 is 0 Å². The van der Waals surface area contributed by atoms with Gasteiger partial charge in [0, 0.05) is 36.4 Å². The van der Waals surface area contributed by atoms with E-state index < -0.39 is 0 Å². The fourth-order valence-corrected chi connectivity index (χ4v) is 2.81. The van der Waals surface area contributed by atoms with Gasteiger partial charge in [0.1, 0.15) is 5.82 Å². The quantitative estimate of drug-likeness (QED) is 0.774. The Hall–Kier alpha value is -2.73. The Bertz CT molecular complexity index is 773. The molecule has 2 rings (SSSR count). The summed E-state index contributed by atoms with van der Waals surface area (Å²) < 4.78 is 13.7. The number of likely N-dealkylation sites (N-methyl/N-ethyl adjacent to an activating group) is 1. The van der Waals surface area contributed by atoms with E-state index in [1.807, 2.05) is 13.8 Å². The molecular formula is C21H26FN3O2. The molecule has 0 aliphatic rings. The Labute approximate surface area is 159 Å². The van der Waals surface area contributed by atoms with Gasteiger partial charge in [-0.25, -0.2) is 4.39 Å². The molecule has 0 aromatic heterocycles. The molecule has 0 unspecified atom stereocenters. The van der Waals surface area contributed by atoms with Gasteiger partial charge in [-0.3, -0.25) is 14.5 Å². The lowest BCUT2D eigenvalue weighted by molar-refractivity contribution is -0.117. The highest BCUT2D eigenvalue weighted by Gasteiger charge is 2.13. The molecule has 0 aliphatic heterocycles. The summed E-state index contributed by atoms with van der Waals surface area (Å²) in [5.41, 5.74) is 1.76. The van der Waals surface area contributed by atoms with Gasteiger partial charge in [-0.05, 0) is 51.2 Å². The average Bonchev–Trinajstić information content (AvgIpc) is 2.65. The van der Waals surface area contributed by atoms with Crippen LogP contribution in [-0.4, -0.2) is 48.3 Å². The monoisotopic (exact) mass is 371 g/mol. The van der Waals surface area contributed by atoms with Gasteiger partial charge in [0.2, 0.25) is 5.91 Å². The number of halogens is 1. The first-order valence-corrected chi connectivity index (χ1v) is 9.05. The van der Waals surface area contributed by atoms with Crippen LogP contribution in [0.5, 0.6) is 0 Å². The lowest BCUT2D eigenvalue weighted by Crippen LogP contribution is -2.31. The molecule has 0 saturated carbocycles. The van der Waals surface area contributed by atoms with Gasteiger partial charge in [-0.15, -0.1) is 0 Å². The fourth-order valence-electron chi connectivity index (χ4n) is 2.81. The SMILES string of the molecule is CCN(CC)C(=O)c1ccc(NC(=O)CN(C)Cc2ccccc2F)cc1. The first kappa shape index (κ1) is 20.6. The molecule has 0 aliphatic carbocycles. The van der Waals surface area contributed by atoms with Crippen LogP contribution in [0, 0.1) is 5.82 Å². The number of hydrogen-bond donors (Lipinski definition) is 1. The van der Waals surface area contributed by atoms with Gasteiger partial charge < -0.3 is 10.2 Å². The molecule has 0 bridgehead atoms. The van der Waals surface area contributed by atoms with Crippen molar-refractivity contribution in [3.8, 4) is 0 Å². The van der Waals surface area contributed by atoms with Crippen molar-refractivity contribution in [3.05, 3.63) is 65.5 Å². The highest BCUT2D eigenvalue weighted by molar-refractivity contribution is 5.96. The Balaban J connectivity index is 1.90. The first-order chi connectivity index (χ1) is 12.9. The van der Waals surface area contributed by atoms with Crippen LogP contribution in [-0.2, 0) is 11.3 Å². The van der Waals surface area contributed by atoms with Crippen LogP contribution in [0.3, 0.4) is 0 Å². The van der Waals surface area contributed by atoms with E-state index in [2.05, 4.69) is 5.32 Å². The van der Waals surface area contributed by atoms with Crippen molar-refractivity contribution in [2.75, 3.05) is 32.0 Å². The van der Waals surface area contributed by atoms with Crippen LogP contribution in [0.2, 0.25) is 0 Å². The molecule has 2 aromatic carbocycles. The number of carbonyl (C=O) groups excluding carboxylic acids is 2. The van der Waals surface area contributed by atoms with Crippen LogP contribution < -0.4 is 5.32 Å². The third-order valence-corrected chi connectivity index (χ3v) is 4.28. The second kappa shape index (κ2) is 9.83. The number of amides is 2. The minimum absolute atomic E-state index is 0.0255. The van der Waals surface area contributed by atoms with Crippen molar-refractivity contribution in [2.45, 2.75) is 20.4 Å². The summed E-state index contributed by atoms with van der Waals surface area (Å²) in [5, 5.41) is 2.80. The Morgan fingerprint density at radius 3 is 2.22 bits per heavy atom. The molecule has 1 N–H and O–H groups in total. The molecule has 0 fully saturated rings. The number of nitrogens with zero attached hydrogens (tertiary/aromatic N) is 2. The number of benzene rings is 2. The summed E-state index contributed by atoms with van der Waals surface area (Å²) in [6.07, 6.45) is 0. The number of anilines is 1. The van der Waals surface area contributed by atoms with Crippen molar-refractivity contribution in [1.29, 1.82) is 0 Å². The fraction of sp³-hybridized carbons (Fsp3) is 0.333. The number of rotatable bonds is 8. The van der Waals surface area contributed by atoms with E-state index in [1.54, 1.807) is 59.3 Å². The van der Waals surface area contributed by atoms with Gasteiger partial charge in [-0.1, -0.05) is 18.2 Å². The minimum atomic E-state index is -0.279. The maximum absolute atomic E-state index is 13.7. The molecule has 5 nitrogen and oxygen atoms in total. The molecule has 0 heterocycles. The summed E-state index contributed by atoms with van der Waals surface area (Å²) in [4.78, 5) is 28.0. The van der Waals surface area contributed by atoms with Gasteiger partial charge in [0.05, 0.1) is 6.54 Å². The Morgan fingerprint density at radius 2 is 1.63 bits per heavy atom. The van der Waals surface area contributed by atoms with Crippen molar-refractivity contribution in [3.63, 3.8) is 0 Å². The van der Waals surface area contributed by atoms with Crippen molar-refractivity contribution in [1.82, 2.24) is 9.80 Å². The zero-order valence-corrected chi connectivity index (χ0v) is 16.0. The van der Waals surface area contributed by atoms with E-state index in [0.717, 1.165) is 0 Å². The molecule has 144 valence electrons. The van der Waals surface area contributed by atoms with Gasteiger partial charge in [0.15, 0.2) is 0 Å². The minimum Gasteiger partial charge on any atom is -0.339 e. The van der Waals surface area contributed by atoms with Crippen molar-refractivity contribution >= 4 is 17.5 Å². The van der Waals surface area contributed by atoms with Crippen LogP contribution in [0.1, 0.15) is 29.8 Å². The lowest BCUT2D eigenvalue weighted by Gasteiger charge is -2.19. The summed E-state index contributed by atoms with van der Waals surface area (Å²) >= 11 is 0. The number of nitrogens with one attached hydrogen (secondary N) is 1. The van der Waals surface area contributed by atoms with E-state index in [1.165, 1.54) is 6.07 Å². The highest BCUT2D eigenvalue weighted by atomic mass is 19.1. The van der Waals surface area contributed by atoms with Gasteiger partial charge in [0.25, 0.3) is 5.91 Å². The lowest BCUT2D eigenvalue weighted by atomic mass is 10.1. The molecule has 0 spiro atoms. The maximum atomic E-state index is 13.7. The van der Waals surface area contributed by atoms with Crippen LogP contribution in [0.25, 0.3) is 0 Å². The zero-order chi connectivity index (χ0) is 19.8. The van der Waals surface area contributed by atoms with Crippen LogP contribution in [0.15, 0.2) is 48.5 Å². The van der Waals surface area contributed by atoms with E-state index >= 15 is 0 Å². The molecule has 27 heavy (non-hydrogen) atoms. The number of hydrogen-bond acceptors (Lipinski definition) is 3. The van der Waals surface area contributed by atoms with Crippen LogP contribution in [0.4, 0.5) is 10.1 Å². The first-order valence-electron chi connectivity index (χ1n) is 9.05. The average molecular weight is 371 g/mol. The van der Waals surface area contributed by atoms with E-state index in [4.69, 9.17) is 0 Å². The molecule has 2 amide bonds. The number of carbonyl (C=O) groups is 2. The topological polar surface area (TPSA) is 52.7 Å². The maximum Gasteiger partial charge on any atom is 0.253 e. The van der Waals surface area contributed by atoms with Crippen molar-refractivity contribution < 1.29 is 14.0 Å². The molecule has 0 atom stereocenters. The molecule has 0 saturated heterocycles. The Kier molecular flexibility index (Phi) is 7.49. The largest absolute Gasteiger partial charge is 0.339 e. The molecule has 6 heteroatoms. The molecule has 0 radical (unpaired) electrons. The summed E-state index contributed by atoms with van der Waals surface area (Å²) in [7, 11) is 1.76. The van der Waals surface area contributed by atoms with E-state index in [0.29, 0.717) is 36.4 Å². The van der Waals surface area contributed by atoms with Gasteiger partial charge in [-0.2, -0.15) is 0 Å². The predicted octanol–water partition coefficient (Wildman–Crippen LogP) is 3.38. The summed E-state index contributed by atoms with van der Waals surface area (Å²) in [6.45, 7) is 5.66. The Morgan fingerprint density at radius 1 is 1.00 bits per heavy atom.